The van der Waals surface area contributed by atoms with E-state index in [1.807, 2.05) is 0 Å². The summed E-state index contributed by atoms with van der Waals surface area (Å²) in [5, 5.41) is 11.3. The predicted molar refractivity (Wildman–Crippen MR) is 163 cm³/mol. The minimum absolute atomic E-state index is 0.0800. The first kappa shape index (κ1) is 32.6. The topological polar surface area (TPSA) is 95.0 Å². The van der Waals surface area contributed by atoms with Gasteiger partial charge in [-0.05, 0) is 68.5 Å². The quantitative estimate of drug-likeness (QED) is 0.180. The summed E-state index contributed by atoms with van der Waals surface area (Å²) in [6.07, 6.45) is -8.94. The van der Waals surface area contributed by atoms with E-state index >= 15 is 0 Å². The molecule has 0 spiro atoms. The first-order chi connectivity index (χ1) is 23.0. The third kappa shape index (κ3) is 4.72. The highest BCUT2D eigenvalue weighted by Gasteiger charge is 2.68. The molecule has 3 aromatic rings. The molecule has 4 aliphatic rings. The maximum atomic E-state index is 14.4. The summed E-state index contributed by atoms with van der Waals surface area (Å²) < 4.78 is 82.4. The number of anilines is 2. The molecule has 1 saturated carbocycles. The molecule has 1 N–H and O–H groups in total. The number of phenols is 1. The Morgan fingerprint density at radius 2 is 1.39 bits per heavy atom. The predicted octanol–water partition coefficient (Wildman–Crippen LogP) is 7.17. The van der Waals surface area contributed by atoms with Gasteiger partial charge in [-0.25, -0.2) is 9.80 Å². The summed E-state index contributed by atoms with van der Waals surface area (Å²) >= 11 is 0. The van der Waals surface area contributed by atoms with Gasteiger partial charge >= 0.3 is 12.4 Å². The number of allylic oxidation sites excluding steroid dienone is 2. The second kappa shape index (κ2) is 10.8. The fraction of sp³-hybridized carbons (Fsp3) is 0.333. The van der Waals surface area contributed by atoms with E-state index in [0.29, 0.717) is 39.4 Å². The third-order valence-corrected chi connectivity index (χ3v) is 10.7. The molecule has 2 aliphatic heterocycles. The van der Waals surface area contributed by atoms with Crippen LogP contribution in [0, 0.1) is 36.0 Å². The number of benzene rings is 3. The number of fused-ring (bicyclic) bond motifs is 4. The van der Waals surface area contributed by atoms with Crippen molar-refractivity contribution >= 4 is 35.0 Å². The number of nitrogens with zero attached hydrogens (tertiary/aromatic N) is 2. The minimum Gasteiger partial charge on any atom is -0.507 e. The third-order valence-electron chi connectivity index (χ3n) is 10.7. The van der Waals surface area contributed by atoms with Gasteiger partial charge in [-0.3, -0.25) is 19.2 Å². The van der Waals surface area contributed by atoms with Crippen LogP contribution < -0.4 is 9.80 Å². The number of carbonyl (C=O) groups is 4. The molecule has 254 valence electrons. The van der Waals surface area contributed by atoms with Gasteiger partial charge in [-0.15, -0.1) is 0 Å². The van der Waals surface area contributed by atoms with Crippen molar-refractivity contribution in [2.24, 2.45) is 29.1 Å². The van der Waals surface area contributed by atoms with Crippen LogP contribution in [0.5, 0.6) is 5.75 Å². The van der Waals surface area contributed by atoms with Crippen molar-refractivity contribution in [3.63, 3.8) is 0 Å². The van der Waals surface area contributed by atoms with Gasteiger partial charge in [0.15, 0.2) is 0 Å². The molecule has 2 heterocycles. The van der Waals surface area contributed by atoms with E-state index in [9.17, 15) is 50.6 Å². The van der Waals surface area contributed by atoms with Crippen molar-refractivity contribution < 1.29 is 50.6 Å². The lowest BCUT2D eigenvalue weighted by atomic mass is 9.51. The van der Waals surface area contributed by atoms with Gasteiger partial charge in [0.2, 0.25) is 23.6 Å². The number of hydrogen-bond acceptors (Lipinski definition) is 5. The molecule has 3 aromatic carbocycles. The van der Waals surface area contributed by atoms with E-state index in [0.717, 1.165) is 4.90 Å². The number of carbonyl (C=O) groups excluding carboxylic acids is 4. The monoisotopic (exact) mass is 682 g/mol. The summed E-state index contributed by atoms with van der Waals surface area (Å²) in [5.74, 6) is -8.46. The molecule has 2 aliphatic carbocycles. The van der Waals surface area contributed by atoms with Crippen LogP contribution in [0.1, 0.15) is 47.9 Å². The van der Waals surface area contributed by atoms with Crippen LogP contribution in [0.25, 0.3) is 0 Å². The van der Waals surface area contributed by atoms with Crippen molar-refractivity contribution in [3.8, 4) is 5.75 Å². The molecule has 2 saturated heterocycles. The minimum atomic E-state index is -5.21. The maximum absolute atomic E-state index is 14.4. The van der Waals surface area contributed by atoms with Gasteiger partial charge in [0.1, 0.15) is 5.75 Å². The van der Waals surface area contributed by atoms with Crippen molar-refractivity contribution in [1.29, 1.82) is 0 Å². The Hall–Kier alpha value is -4.94. The average Bonchev–Trinajstić information content (AvgIpc) is 3.41. The number of halogens is 6. The molecule has 4 amide bonds. The molecule has 49 heavy (non-hydrogen) atoms. The van der Waals surface area contributed by atoms with Crippen molar-refractivity contribution in [2.75, 3.05) is 9.80 Å². The Kier molecular flexibility index (Phi) is 7.17. The summed E-state index contributed by atoms with van der Waals surface area (Å²) in [5.41, 5.74) is -4.05. The largest absolute Gasteiger partial charge is 0.507 e. The molecular weight excluding hydrogens is 654 g/mol. The maximum Gasteiger partial charge on any atom is 0.416 e. The van der Waals surface area contributed by atoms with E-state index in [1.54, 1.807) is 68.5 Å². The molecule has 7 rings (SSSR count). The zero-order chi connectivity index (χ0) is 35.4. The summed E-state index contributed by atoms with van der Waals surface area (Å²) in [6, 6.07) is 13.8. The van der Waals surface area contributed by atoms with Crippen LogP contribution in [0.4, 0.5) is 37.7 Å². The molecule has 6 unspecified atom stereocenters. The van der Waals surface area contributed by atoms with E-state index in [-0.39, 0.29) is 24.7 Å². The fourth-order valence-corrected chi connectivity index (χ4v) is 8.42. The number of rotatable bonds is 3. The SMILES string of the molecule is Cc1cccc(C2C3=CCC4C(=O)N(c5cc(C(F)(F)F)cc(C(F)(F)F)c5)C(=O)C4C3CC3C(=O)N(c4ccccc4)C(=O)C32C)c1O. The number of para-hydroxylation sites is 2. The molecule has 0 radical (unpaired) electrons. The lowest BCUT2D eigenvalue weighted by molar-refractivity contribution is -0.143. The average molecular weight is 683 g/mol. The highest BCUT2D eigenvalue weighted by Crippen LogP contribution is 2.64. The Morgan fingerprint density at radius 3 is 2.00 bits per heavy atom. The Labute approximate surface area is 275 Å². The van der Waals surface area contributed by atoms with Gasteiger partial charge < -0.3 is 5.11 Å². The van der Waals surface area contributed by atoms with Crippen LogP contribution in [-0.2, 0) is 31.5 Å². The van der Waals surface area contributed by atoms with Crippen molar-refractivity contribution in [1.82, 2.24) is 0 Å². The smallest absolute Gasteiger partial charge is 0.416 e. The molecule has 0 bridgehead atoms. The molecule has 13 heteroatoms. The van der Waals surface area contributed by atoms with E-state index in [4.69, 9.17) is 0 Å². The number of aromatic hydroxyl groups is 1. The molecule has 7 nitrogen and oxygen atoms in total. The number of alkyl halides is 6. The number of phenolic OH excluding ortho intramolecular Hbond substituents is 1. The second-order valence-corrected chi connectivity index (χ2v) is 13.3. The molecule has 6 atom stereocenters. The Morgan fingerprint density at radius 1 is 0.755 bits per heavy atom. The molecule has 0 aromatic heterocycles. The van der Waals surface area contributed by atoms with Gasteiger partial charge in [0.25, 0.3) is 0 Å². The van der Waals surface area contributed by atoms with Crippen LogP contribution in [0.15, 0.2) is 78.4 Å². The Balaban J connectivity index is 1.37. The van der Waals surface area contributed by atoms with Crippen LogP contribution >= 0.6 is 0 Å². The number of aryl methyl sites for hydroxylation is 1. The van der Waals surface area contributed by atoms with Gasteiger partial charge in [0, 0.05) is 11.5 Å². The standard InChI is InChI=1S/C36H28F6N2O5/c1-17-7-6-10-24(29(17)45)28-22-11-12-23-27(25(22)16-26-31(47)44(33(49)34(26,28)2)20-8-4-3-5-9-20)32(48)43(30(23)46)21-14-18(35(37,38)39)13-19(15-21)36(40,41)42/h3-11,13-15,23,25-28,45H,12,16H2,1-2H3. The Bertz CT molecular complexity index is 1940. The normalized spacial score (nSPS) is 28.4. The first-order valence-corrected chi connectivity index (χ1v) is 15.6. The first-order valence-electron chi connectivity index (χ1n) is 15.6. The summed E-state index contributed by atoms with van der Waals surface area (Å²) in [4.78, 5) is 58.1. The van der Waals surface area contributed by atoms with Crippen LogP contribution in [0.3, 0.4) is 0 Å². The summed E-state index contributed by atoms with van der Waals surface area (Å²) in [7, 11) is 0. The number of imide groups is 2. The van der Waals surface area contributed by atoms with E-state index < -0.39 is 87.8 Å². The lowest BCUT2D eigenvalue weighted by Crippen LogP contribution is -2.49. The second-order valence-electron chi connectivity index (χ2n) is 13.3. The number of amides is 4. The summed E-state index contributed by atoms with van der Waals surface area (Å²) in [6.45, 7) is 3.29. The zero-order valence-electron chi connectivity index (χ0n) is 26.0. The molecular formula is C36H28F6N2O5. The lowest BCUT2D eigenvalue weighted by Gasteiger charge is -2.49. The van der Waals surface area contributed by atoms with Gasteiger partial charge in [-0.2, -0.15) is 26.3 Å². The van der Waals surface area contributed by atoms with Crippen LogP contribution in [-0.4, -0.2) is 28.7 Å². The van der Waals surface area contributed by atoms with Crippen molar-refractivity contribution in [3.05, 3.63) is 101 Å². The van der Waals surface area contributed by atoms with E-state index in [1.165, 1.54) is 0 Å². The fourth-order valence-electron chi connectivity index (χ4n) is 8.42. The van der Waals surface area contributed by atoms with Gasteiger partial charge in [-0.1, -0.05) is 48.0 Å². The highest BCUT2D eigenvalue weighted by molar-refractivity contribution is 6.25. The number of hydrogen-bond donors (Lipinski definition) is 1. The van der Waals surface area contributed by atoms with Crippen LogP contribution in [0.2, 0.25) is 0 Å². The van der Waals surface area contributed by atoms with Gasteiger partial charge in [0.05, 0.1) is 45.7 Å². The van der Waals surface area contributed by atoms with E-state index in [2.05, 4.69) is 0 Å². The molecule has 3 fully saturated rings. The van der Waals surface area contributed by atoms with Crippen molar-refractivity contribution in [2.45, 2.75) is 45.0 Å². The zero-order valence-corrected chi connectivity index (χ0v) is 26.0. The highest BCUT2D eigenvalue weighted by atomic mass is 19.4.